The first-order valence-electron chi connectivity index (χ1n) is 31.9. The Bertz CT molecular complexity index is 1650. The number of aliphatic hydroxyl groups excluding tert-OH is 2. The predicted molar refractivity (Wildman–Crippen MR) is 322 cm³/mol. The van der Waals surface area contributed by atoms with Crippen LogP contribution < -0.4 is 0 Å². The first-order chi connectivity index (χ1) is 38.6. The maximum atomic E-state index is 13.2. The first kappa shape index (κ1) is 73.2. The van der Waals surface area contributed by atoms with Gasteiger partial charge in [-0.2, -0.15) is 0 Å². The third-order valence-corrected chi connectivity index (χ3v) is 14.2. The third kappa shape index (κ3) is 44.5. The van der Waals surface area contributed by atoms with Gasteiger partial charge < -0.3 is 39.0 Å². The third-order valence-electron chi connectivity index (χ3n) is 14.2. The first-order valence-corrected chi connectivity index (χ1v) is 31.9. The number of hydrogen-bond acceptors (Lipinski definition) is 11. The number of carbonyl (C=O) groups is 4. The lowest BCUT2D eigenvalue weighted by molar-refractivity contribution is -0.301. The van der Waals surface area contributed by atoms with Crippen LogP contribution in [0.5, 0.6) is 0 Å². The molecule has 0 radical (unpaired) electrons. The van der Waals surface area contributed by atoms with Gasteiger partial charge >= 0.3 is 23.9 Å². The normalized spacial score (nSPS) is 18.3. The van der Waals surface area contributed by atoms with Crippen LogP contribution in [0.4, 0.5) is 0 Å². The molecule has 0 saturated carbocycles. The summed E-state index contributed by atoms with van der Waals surface area (Å²) in [5.41, 5.74) is 0. The molecular formula is C67H114O12. The number of ether oxygens (including phenoxy) is 5. The van der Waals surface area contributed by atoms with Gasteiger partial charge in [-0.25, -0.2) is 4.79 Å². The Morgan fingerprint density at radius 1 is 0.430 bits per heavy atom. The zero-order chi connectivity index (χ0) is 57.5. The zero-order valence-corrected chi connectivity index (χ0v) is 50.1. The Morgan fingerprint density at radius 3 is 1.25 bits per heavy atom. The van der Waals surface area contributed by atoms with Crippen LogP contribution in [0, 0.1) is 0 Å². The molecule has 1 saturated heterocycles. The van der Waals surface area contributed by atoms with Gasteiger partial charge in [0.2, 0.25) is 0 Å². The number of unbranched alkanes of at least 4 members (excludes halogenated alkanes) is 28. The smallest absolute Gasteiger partial charge is 0.335 e. The SMILES string of the molecule is CC/C=C\C/C=C\C/C=C\C/C=C\CCCCC(=O)OC(COC(=O)CCCCCCCCC/C=C\CCCCCCCC)COC1OC(C(=O)O)C(O)C(O)C1OC(=O)CCCCCCCCC/C=C\CCCCCCCC. The van der Waals surface area contributed by atoms with Gasteiger partial charge in [0.15, 0.2) is 24.6 Å². The van der Waals surface area contributed by atoms with Crippen LogP contribution in [-0.4, -0.2) is 89.2 Å². The monoisotopic (exact) mass is 1110 g/mol. The second-order valence-electron chi connectivity index (χ2n) is 21.7. The lowest BCUT2D eigenvalue weighted by Crippen LogP contribution is -2.61. The van der Waals surface area contributed by atoms with Crippen molar-refractivity contribution in [1.82, 2.24) is 0 Å². The molecule has 0 amide bonds. The van der Waals surface area contributed by atoms with Crippen molar-refractivity contribution in [3.63, 3.8) is 0 Å². The van der Waals surface area contributed by atoms with Crippen LogP contribution >= 0.6 is 0 Å². The summed E-state index contributed by atoms with van der Waals surface area (Å²) in [4.78, 5) is 51.3. The predicted octanol–water partition coefficient (Wildman–Crippen LogP) is 16.9. The van der Waals surface area contributed by atoms with E-state index in [1.54, 1.807) is 0 Å². The molecule has 0 aromatic rings. The second kappa shape index (κ2) is 54.7. The highest BCUT2D eigenvalue weighted by atomic mass is 16.7. The molecule has 1 heterocycles. The van der Waals surface area contributed by atoms with Gasteiger partial charge in [-0.1, -0.05) is 222 Å². The van der Waals surface area contributed by atoms with Crippen LogP contribution in [0.25, 0.3) is 0 Å². The number of aliphatic hydroxyl groups is 2. The molecule has 0 aliphatic carbocycles. The van der Waals surface area contributed by atoms with E-state index >= 15 is 0 Å². The van der Waals surface area contributed by atoms with Crippen LogP contribution in [0.1, 0.15) is 278 Å². The van der Waals surface area contributed by atoms with Crippen molar-refractivity contribution in [3.05, 3.63) is 72.9 Å². The Hall–Kier alpha value is -3.84. The van der Waals surface area contributed by atoms with Crippen LogP contribution in [0.2, 0.25) is 0 Å². The molecule has 6 unspecified atom stereocenters. The summed E-state index contributed by atoms with van der Waals surface area (Å²) in [5, 5.41) is 31.6. The molecular weight excluding hydrogens is 997 g/mol. The molecule has 6 atom stereocenters. The number of aliphatic carboxylic acids is 1. The molecule has 1 aliphatic heterocycles. The Kier molecular flexibility index (Phi) is 50.7. The molecule has 0 bridgehead atoms. The minimum Gasteiger partial charge on any atom is -0.479 e. The molecule has 1 rings (SSSR count). The van der Waals surface area contributed by atoms with Crippen LogP contribution in [0.3, 0.4) is 0 Å². The molecule has 12 heteroatoms. The fourth-order valence-electron chi connectivity index (χ4n) is 9.35. The summed E-state index contributed by atoms with van der Waals surface area (Å²) < 4.78 is 28.5. The highest BCUT2D eigenvalue weighted by Gasteiger charge is 2.50. The van der Waals surface area contributed by atoms with Gasteiger partial charge in [-0.05, 0) is 109 Å². The average molecular weight is 1110 g/mol. The summed E-state index contributed by atoms with van der Waals surface area (Å²) in [6.07, 6.45) is 57.2. The maximum Gasteiger partial charge on any atom is 0.335 e. The average Bonchev–Trinajstić information content (AvgIpc) is 3.46. The van der Waals surface area contributed by atoms with Crippen LogP contribution in [0.15, 0.2) is 72.9 Å². The van der Waals surface area contributed by atoms with E-state index in [1.807, 2.05) is 0 Å². The van der Waals surface area contributed by atoms with Crippen molar-refractivity contribution in [3.8, 4) is 0 Å². The molecule has 3 N–H and O–H groups in total. The van der Waals surface area contributed by atoms with Gasteiger partial charge in [0.1, 0.15) is 18.8 Å². The number of carbonyl (C=O) groups excluding carboxylic acids is 3. The minimum absolute atomic E-state index is 0.0491. The zero-order valence-electron chi connectivity index (χ0n) is 50.1. The number of carboxylic acids is 1. The lowest BCUT2D eigenvalue weighted by Gasteiger charge is -2.40. The molecule has 0 aromatic heterocycles. The summed E-state index contributed by atoms with van der Waals surface area (Å²) in [6.45, 7) is 5.85. The van der Waals surface area contributed by atoms with Gasteiger partial charge in [0.25, 0.3) is 0 Å². The van der Waals surface area contributed by atoms with E-state index in [0.717, 1.165) is 103 Å². The fourth-order valence-corrected chi connectivity index (χ4v) is 9.35. The summed E-state index contributed by atoms with van der Waals surface area (Å²) in [6, 6.07) is 0. The second-order valence-corrected chi connectivity index (χ2v) is 21.7. The number of carboxylic acid groups (broad SMARTS) is 1. The van der Waals surface area contributed by atoms with E-state index < -0.39 is 67.3 Å². The largest absolute Gasteiger partial charge is 0.479 e. The van der Waals surface area contributed by atoms with Gasteiger partial charge in [0.05, 0.1) is 6.61 Å². The van der Waals surface area contributed by atoms with Crippen molar-refractivity contribution in [2.45, 2.75) is 314 Å². The molecule has 1 aliphatic rings. The fraction of sp³-hybridized carbons (Fsp3) is 0.761. The van der Waals surface area contributed by atoms with Crippen LogP contribution in [-0.2, 0) is 42.9 Å². The number of allylic oxidation sites excluding steroid dienone is 12. The van der Waals surface area contributed by atoms with Gasteiger partial charge in [0, 0.05) is 19.3 Å². The maximum absolute atomic E-state index is 13.2. The van der Waals surface area contributed by atoms with Gasteiger partial charge in [-0.3, -0.25) is 14.4 Å². The highest BCUT2D eigenvalue weighted by Crippen LogP contribution is 2.26. The number of hydrogen-bond donors (Lipinski definition) is 3. The van der Waals surface area contributed by atoms with E-state index in [0.29, 0.717) is 19.3 Å². The van der Waals surface area contributed by atoms with Crippen molar-refractivity contribution in [1.29, 1.82) is 0 Å². The standard InChI is InChI=1S/C67H114O12/c1-4-7-10-13-16-19-22-25-28-30-33-35-38-41-44-47-50-53-59(68)75-56-58(77-60(69)54-51-48-45-42-39-36-32-27-24-21-18-15-12-9-6-3)57-76-67-65(63(72)62(71)64(79-67)66(73)74)78-61(70)55-52-49-46-43-40-37-34-31-29-26-23-20-17-14-11-8-5-2/h9,12,18,21,25-29,32,39,42,58,62-65,67,71-72H,4-8,10-11,13-17,19-20,22-24,30-31,33-38,40-41,43-57H2,1-3H3,(H,73,74)/b12-9-,21-18-,28-25-,29-26-,32-27-,42-39-. The Labute approximate surface area is 480 Å². The van der Waals surface area contributed by atoms with Crippen molar-refractivity contribution >= 4 is 23.9 Å². The van der Waals surface area contributed by atoms with E-state index in [9.17, 15) is 34.5 Å². The molecule has 1 fully saturated rings. The number of esters is 3. The van der Waals surface area contributed by atoms with Crippen molar-refractivity contribution in [2.24, 2.45) is 0 Å². The molecule has 12 nitrogen and oxygen atoms in total. The summed E-state index contributed by atoms with van der Waals surface area (Å²) >= 11 is 0. The van der Waals surface area contributed by atoms with E-state index in [1.165, 1.54) is 116 Å². The minimum atomic E-state index is -1.91. The van der Waals surface area contributed by atoms with E-state index in [2.05, 4.69) is 93.7 Å². The molecule has 0 aromatic carbocycles. The number of rotatable bonds is 54. The van der Waals surface area contributed by atoms with Crippen molar-refractivity contribution < 1.29 is 58.2 Å². The molecule has 0 spiro atoms. The Morgan fingerprint density at radius 2 is 0.797 bits per heavy atom. The van der Waals surface area contributed by atoms with E-state index in [-0.39, 0.29) is 25.9 Å². The molecule has 454 valence electrons. The van der Waals surface area contributed by atoms with E-state index in [4.69, 9.17) is 23.7 Å². The Balaban J connectivity index is 2.69. The summed E-state index contributed by atoms with van der Waals surface area (Å²) in [7, 11) is 0. The highest BCUT2D eigenvalue weighted by molar-refractivity contribution is 5.74. The topological polar surface area (TPSA) is 175 Å². The lowest BCUT2D eigenvalue weighted by atomic mass is 9.98. The quantitative estimate of drug-likeness (QED) is 0.0228. The molecule has 79 heavy (non-hydrogen) atoms. The van der Waals surface area contributed by atoms with Gasteiger partial charge in [-0.15, -0.1) is 0 Å². The summed E-state index contributed by atoms with van der Waals surface area (Å²) in [5.74, 6) is -3.18. The van der Waals surface area contributed by atoms with Crippen molar-refractivity contribution in [2.75, 3.05) is 13.2 Å².